The van der Waals surface area contributed by atoms with Crippen molar-refractivity contribution in [3.8, 4) is 0 Å². The molecular weight excluding hydrogens is 296 g/mol. The summed E-state index contributed by atoms with van der Waals surface area (Å²) < 4.78 is 27.8. The molecule has 1 heterocycles. The summed E-state index contributed by atoms with van der Waals surface area (Å²) in [4.78, 5) is 4.32. The van der Waals surface area contributed by atoms with Gasteiger partial charge in [-0.15, -0.1) is 0 Å². The summed E-state index contributed by atoms with van der Waals surface area (Å²) in [5.41, 5.74) is 2.57. The van der Waals surface area contributed by atoms with Gasteiger partial charge in [-0.2, -0.15) is 0 Å². The standard InChI is InChI=1S/C17H16N2O2S/c1-12-6-7-15(10-13(12)2)22(20,21)19-17-5-3-4-14-11-18-9-8-16(14)17/h3-11,19H,1-2H3. The van der Waals surface area contributed by atoms with Crippen molar-refractivity contribution in [2.75, 3.05) is 4.72 Å². The molecule has 0 atom stereocenters. The number of aromatic nitrogens is 1. The SMILES string of the molecule is Cc1ccc(S(=O)(=O)Nc2cccc3cnccc23)cc1C. The summed E-state index contributed by atoms with van der Waals surface area (Å²) in [5.74, 6) is 0. The van der Waals surface area contributed by atoms with Gasteiger partial charge in [-0.3, -0.25) is 9.71 Å². The molecule has 0 amide bonds. The number of benzene rings is 2. The Labute approximate surface area is 129 Å². The second-order valence-electron chi connectivity index (χ2n) is 5.25. The fraction of sp³-hybridized carbons (Fsp3) is 0.118. The van der Waals surface area contributed by atoms with Crippen LogP contribution < -0.4 is 4.72 Å². The molecular formula is C17H16N2O2S. The number of sulfonamides is 1. The highest BCUT2D eigenvalue weighted by molar-refractivity contribution is 7.92. The van der Waals surface area contributed by atoms with Gasteiger partial charge in [-0.1, -0.05) is 18.2 Å². The van der Waals surface area contributed by atoms with Crippen LogP contribution in [0.25, 0.3) is 10.8 Å². The minimum atomic E-state index is -3.61. The monoisotopic (exact) mass is 312 g/mol. The van der Waals surface area contributed by atoms with Crippen molar-refractivity contribution in [1.82, 2.24) is 4.98 Å². The molecule has 0 aliphatic heterocycles. The maximum absolute atomic E-state index is 12.6. The zero-order chi connectivity index (χ0) is 15.7. The van der Waals surface area contributed by atoms with Gasteiger partial charge in [-0.25, -0.2) is 8.42 Å². The van der Waals surface area contributed by atoms with Crippen molar-refractivity contribution < 1.29 is 8.42 Å². The minimum absolute atomic E-state index is 0.265. The van der Waals surface area contributed by atoms with Crippen molar-refractivity contribution >= 4 is 26.5 Å². The highest BCUT2D eigenvalue weighted by atomic mass is 32.2. The summed E-state index contributed by atoms with van der Waals surface area (Å²) in [6.07, 6.45) is 3.36. The zero-order valence-corrected chi connectivity index (χ0v) is 13.2. The normalized spacial score (nSPS) is 11.5. The molecule has 0 saturated carbocycles. The van der Waals surface area contributed by atoms with E-state index in [4.69, 9.17) is 0 Å². The van der Waals surface area contributed by atoms with E-state index in [-0.39, 0.29) is 4.90 Å². The molecule has 0 radical (unpaired) electrons. The van der Waals surface area contributed by atoms with Gasteiger partial charge in [0.25, 0.3) is 10.0 Å². The first-order valence-corrected chi connectivity index (χ1v) is 8.38. The van der Waals surface area contributed by atoms with Gasteiger partial charge in [0, 0.05) is 23.2 Å². The summed E-state index contributed by atoms with van der Waals surface area (Å²) in [7, 11) is -3.61. The number of rotatable bonds is 3. The molecule has 3 aromatic rings. The van der Waals surface area contributed by atoms with E-state index in [0.29, 0.717) is 5.69 Å². The van der Waals surface area contributed by atoms with E-state index in [1.165, 1.54) is 0 Å². The maximum atomic E-state index is 12.6. The van der Waals surface area contributed by atoms with E-state index < -0.39 is 10.0 Å². The first-order chi connectivity index (χ1) is 10.5. The lowest BCUT2D eigenvalue weighted by atomic mass is 10.1. The molecule has 2 aromatic carbocycles. The van der Waals surface area contributed by atoms with Gasteiger partial charge in [-0.05, 0) is 49.2 Å². The van der Waals surface area contributed by atoms with Crippen molar-refractivity contribution in [2.24, 2.45) is 0 Å². The van der Waals surface area contributed by atoms with Crippen LogP contribution in [0.1, 0.15) is 11.1 Å². The average molecular weight is 312 g/mol. The molecule has 4 nitrogen and oxygen atoms in total. The molecule has 0 saturated heterocycles. The first kappa shape index (κ1) is 14.5. The Morgan fingerprint density at radius 1 is 1.00 bits per heavy atom. The van der Waals surface area contributed by atoms with Crippen molar-refractivity contribution in [3.63, 3.8) is 0 Å². The smallest absolute Gasteiger partial charge is 0.261 e. The maximum Gasteiger partial charge on any atom is 0.261 e. The van der Waals surface area contributed by atoms with Gasteiger partial charge < -0.3 is 0 Å². The van der Waals surface area contributed by atoms with Gasteiger partial charge in [0.1, 0.15) is 0 Å². The zero-order valence-electron chi connectivity index (χ0n) is 12.4. The lowest BCUT2D eigenvalue weighted by Crippen LogP contribution is -2.13. The largest absolute Gasteiger partial charge is 0.279 e. The molecule has 0 aliphatic rings. The third-order valence-electron chi connectivity index (χ3n) is 3.71. The molecule has 0 bridgehead atoms. The number of hydrogen-bond donors (Lipinski definition) is 1. The van der Waals surface area contributed by atoms with Gasteiger partial charge in [0.05, 0.1) is 10.6 Å². The Balaban J connectivity index is 2.05. The minimum Gasteiger partial charge on any atom is -0.279 e. The van der Waals surface area contributed by atoms with E-state index >= 15 is 0 Å². The molecule has 0 spiro atoms. The van der Waals surface area contributed by atoms with Gasteiger partial charge in [0.2, 0.25) is 0 Å². The van der Waals surface area contributed by atoms with Crippen LogP contribution in [0, 0.1) is 13.8 Å². The second kappa shape index (κ2) is 5.42. The fourth-order valence-corrected chi connectivity index (χ4v) is 3.46. The van der Waals surface area contributed by atoms with Crippen LogP contribution in [0.5, 0.6) is 0 Å². The van der Waals surface area contributed by atoms with Crippen molar-refractivity contribution in [3.05, 3.63) is 66.0 Å². The molecule has 22 heavy (non-hydrogen) atoms. The van der Waals surface area contributed by atoms with Crippen LogP contribution in [0.2, 0.25) is 0 Å². The summed E-state index contributed by atoms with van der Waals surface area (Å²) >= 11 is 0. The third kappa shape index (κ3) is 2.67. The van der Waals surface area contributed by atoms with E-state index in [2.05, 4.69) is 9.71 Å². The van der Waals surface area contributed by atoms with E-state index in [1.54, 1.807) is 36.7 Å². The molecule has 1 aromatic heterocycles. The van der Waals surface area contributed by atoms with Gasteiger partial charge in [0.15, 0.2) is 0 Å². The number of anilines is 1. The quantitative estimate of drug-likeness (QED) is 0.803. The Bertz CT molecular complexity index is 945. The number of fused-ring (bicyclic) bond motifs is 1. The Morgan fingerprint density at radius 2 is 1.82 bits per heavy atom. The lowest BCUT2D eigenvalue weighted by molar-refractivity contribution is 0.601. The topological polar surface area (TPSA) is 59.1 Å². The molecule has 0 aliphatic carbocycles. The Hall–Kier alpha value is -2.40. The van der Waals surface area contributed by atoms with Crippen LogP contribution in [-0.4, -0.2) is 13.4 Å². The highest BCUT2D eigenvalue weighted by Crippen LogP contribution is 2.25. The second-order valence-corrected chi connectivity index (χ2v) is 6.94. The molecule has 112 valence electrons. The van der Waals surface area contributed by atoms with Gasteiger partial charge >= 0.3 is 0 Å². The number of nitrogens with zero attached hydrogens (tertiary/aromatic N) is 1. The Morgan fingerprint density at radius 3 is 2.59 bits per heavy atom. The highest BCUT2D eigenvalue weighted by Gasteiger charge is 2.16. The first-order valence-electron chi connectivity index (χ1n) is 6.90. The summed E-state index contributed by atoms with van der Waals surface area (Å²) in [6.45, 7) is 3.86. The van der Waals surface area contributed by atoms with Crippen LogP contribution in [0.4, 0.5) is 5.69 Å². The van der Waals surface area contributed by atoms with E-state index in [0.717, 1.165) is 21.9 Å². The Kier molecular flexibility index (Phi) is 3.58. The van der Waals surface area contributed by atoms with E-state index in [1.807, 2.05) is 32.0 Å². The molecule has 0 unspecified atom stereocenters. The predicted molar refractivity (Wildman–Crippen MR) is 88.5 cm³/mol. The predicted octanol–water partition coefficient (Wildman–Crippen LogP) is 3.65. The lowest BCUT2D eigenvalue weighted by Gasteiger charge is -2.11. The number of nitrogens with one attached hydrogen (secondary N) is 1. The molecule has 0 fully saturated rings. The van der Waals surface area contributed by atoms with E-state index in [9.17, 15) is 8.42 Å². The summed E-state index contributed by atoms with van der Waals surface area (Å²) in [6, 6.07) is 12.4. The summed E-state index contributed by atoms with van der Waals surface area (Å²) in [5, 5.41) is 1.72. The molecule has 1 N–H and O–H groups in total. The van der Waals surface area contributed by atoms with Crippen LogP contribution in [0.3, 0.4) is 0 Å². The number of aryl methyl sites for hydroxylation is 2. The number of pyridine rings is 1. The third-order valence-corrected chi connectivity index (χ3v) is 5.08. The number of hydrogen-bond acceptors (Lipinski definition) is 3. The average Bonchev–Trinajstić information content (AvgIpc) is 2.50. The van der Waals surface area contributed by atoms with Crippen LogP contribution in [-0.2, 0) is 10.0 Å². The van der Waals surface area contributed by atoms with Crippen LogP contribution in [0.15, 0.2) is 59.8 Å². The van der Waals surface area contributed by atoms with Crippen molar-refractivity contribution in [2.45, 2.75) is 18.7 Å². The fourth-order valence-electron chi connectivity index (χ4n) is 2.30. The molecule has 5 heteroatoms. The van der Waals surface area contributed by atoms with Crippen LogP contribution >= 0.6 is 0 Å². The molecule has 3 rings (SSSR count). The van der Waals surface area contributed by atoms with Crippen molar-refractivity contribution in [1.29, 1.82) is 0 Å².